The lowest BCUT2D eigenvalue weighted by Crippen LogP contribution is -2.22. The number of aryl methyl sites for hydroxylation is 1. The van der Waals surface area contributed by atoms with E-state index >= 15 is 0 Å². The molecule has 3 rings (SSSR count). The summed E-state index contributed by atoms with van der Waals surface area (Å²) in [6.45, 7) is 2.00. The molecule has 0 atom stereocenters. The highest BCUT2D eigenvalue weighted by Gasteiger charge is 2.09. The highest BCUT2D eigenvalue weighted by molar-refractivity contribution is 9.10. The largest absolute Gasteiger partial charge is 0.545 e. The number of halogens is 1. The Bertz CT molecular complexity index is 841. The van der Waals surface area contributed by atoms with Crippen LogP contribution in [0.2, 0.25) is 0 Å². The standard InChI is InChI=1S/C17H12BrNO2/c1-10-2-4-11(5-3-10)15-9-14(17(20)21)13-7-6-12(18)8-16(13)19-15/h2-9H,1H3,(H,20,21)/p-1. The van der Waals surface area contributed by atoms with Gasteiger partial charge in [-0.2, -0.15) is 0 Å². The van der Waals surface area contributed by atoms with Gasteiger partial charge in [-0.25, -0.2) is 4.98 Å². The number of carbonyl (C=O) groups is 1. The number of fused-ring (bicyclic) bond motifs is 1. The average Bonchev–Trinajstić information content (AvgIpc) is 2.46. The highest BCUT2D eigenvalue weighted by atomic mass is 79.9. The average molecular weight is 341 g/mol. The van der Waals surface area contributed by atoms with Crippen LogP contribution in [0.5, 0.6) is 0 Å². The molecule has 104 valence electrons. The van der Waals surface area contributed by atoms with Crippen LogP contribution in [0.15, 0.2) is 53.0 Å². The van der Waals surface area contributed by atoms with Crippen LogP contribution in [0.1, 0.15) is 15.9 Å². The Kier molecular flexibility index (Phi) is 3.47. The first-order valence-corrected chi connectivity index (χ1v) is 7.22. The van der Waals surface area contributed by atoms with Gasteiger partial charge in [0.1, 0.15) is 0 Å². The van der Waals surface area contributed by atoms with Crippen molar-refractivity contribution in [1.82, 2.24) is 4.98 Å². The van der Waals surface area contributed by atoms with Gasteiger partial charge in [-0.1, -0.05) is 51.8 Å². The van der Waals surface area contributed by atoms with Gasteiger partial charge in [0.05, 0.1) is 17.2 Å². The topological polar surface area (TPSA) is 53.0 Å². The fourth-order valence-electron chi connectivity index (χ4n) is 2.24. The third kappa shape index (κ3) is 2.67. The lowest BCUT2D eigenvalue weighted by atomic mass is 10.0. The summed E-state index contributed by atoms with van der Waals surface area (Å²) in [5.74, 6) is -1.20. The molecule has 0 radical (unpaired) electrons. The predicted octanol–water partition coefficient (Wildman–Crippen LogP) is 3.34. The molecule has 0 saturated carbocycles. The number of nitrogens with zero attached hydrogens (tertiary/aromatic N) is 1. The second kappa shape index (κ2) is 5.30. The van der Waals surface area contributed by atoms with Crippen molar-refractivity contribution in [3.63, 3.8) is 0 Å². The molecule has 0 spiro atoms. The van der Waals surface area contributed by atoms with E-state index in [9.17, 15) is 9.90 Å². The van der Waals surface area contributed by atoms with Gasteiger partial charge in [0.25, 0.3) is 0 Å². The smallest absolute Gasteiger partial charge is 0.0727 e. The normalized spacial score (nSPS) is 10.8. The number of carbonyl (C=O) groups excluding carboxylic acids is 1. The summed E-state index contributed by atoms with van der Waals surface area (Å²) in [6, 6.07) is 14.7. The molecule has 0 unspecified atom stereocenters. The summed E-state index contributed by atoms with van der Waals surface area (Å²) in [7, 11) is 0. The van der Waals surface area contributed by atoms with Crippen LogP contribution in [0.3, 0.4) is 0 Å². The van der Waals surface area contributed by atoms with Crippen molar-refractivity contribution < 1.29 is 9.90 Å². The SMILES string of the molecule is Cc1ccc(-c2cc(C(=O)[O-])c3ccc(Br)cc3n2)cc1. The molecule has 1 aromatic heterocycles. The van der Waals surface area contributed by atoms with Crippen molar-refractivity contribution in [2.45, 2.75) is 6.92 Å². The minimum Gasteiger partial charge on any atom is -0.545 e. The zero-order valence-electron chi connectivity index (χ0n) is 11.3. The zero-order valence-corrected chi connectivity index (χ0v) is 12.8. The van der Waals surface area contributed by atoms with Crippen LogP contribution in [0, 0.1) is 6.92 Å². The molecule has 0 bridgehead atoms. The van der Waals surface area contributed by atoms with Crippen LogP contribution < -0.4 is 5.11 Å². The molecule has 0 aliphatic rings. The summed E-state index contributed by atoms with van der Waals surface area (Å²) in [5.41, 5.74) is 3.43. The molecule has 0 saturated heterocycles. The zero-order chi connectivity index (χ0) is 15.0. The molecule has 0 amide bonds. The fraction of sp³-hybridized carbons (Fsp3) is 0.0588. The van der Waals surface area contributed by atoms with Crippen LogP contribution in [-0.2, 0) is 0 Å². The Hall–Kier alpha value is -2.20. The maximum atomic E-state index is 11.4. The van der Waals surface area contributed by atoms with E-state index in [4.69, 9.17) is 0 Å². The Morgan fingerprint density at radius 3 is 2.48 bits per heavy atom. The van der Waals surface area contributed by atoms with E-state index in [1.807, 2.05) is 31.2 Å². The predicted molar refractivity (Wildman–Crippen MR) is 83.9 cm³/mol. The van der Waals surface area contributed by atoms with Crippen LogP contribution >= 0.6 is 15.9 Å². The minimum atomic E-state index is -1.20. The molecular formula is C17H11BrNO2-. The van der Waals surface area contributed by atoms with Crippen molar-refractivity contribution in [2.24, 2.45) is 0 Å². The second-order valence-corrected chi connectivity index (χ2v) is 5.79. The molecule has 0 aliphatic carbocycles. The number of aromatic nitrogens is 1. The van der Waals surface area contributed by atoms with Gasteiger partial charge >= 0.3 is 0 Å². The van der Waals surface area contributed by atoms with E-state index in [0.717, 1.165) is 15.6 Å². The van der Waals surface area contributed by atoms with Crippen molar-refractivity contribution in [3.8, 4) is 11.3 Å². The van der Waals surface area contributed by atoms with E-state index in [2.05, 4.69) is 20.9 Å². The van der Waals surface area contributed by atoms with E-state index in [1.54, 1.807) is 24.3 Å². The van der Waals surface area contributed by atoms with Crippen LogP contribution in [0.4, 0.5) is 0 Å². The molecule has 3 aromatic rings. The number of benzene rings is 2. The summed E-state index contributed by atoms with van der Waals surface area (Å²) < 4.78 is 0.854. The van der Waals surface area contributed by atoms with Gasteiger partial charge in [-0.05, 0) is 25.1 Å². The number of rotatable bonds is 2. The summed E-state index contributed by atoms with van der Waals surface area (Å²) in [6.07, 6.45) is 0. The van der Waals surface area contributed by atoms with Crippen LogP contribution in [-0.4, -0.2) is 11.0 Å². The van der Waals surface area contributed by atoms with Crippen molar-refractivity contribution >= 4 is 32.8 Å². The van der Waals surface area contributed by atoms with Gasteiger partial charge in [-0.3, -0.25) is 0 Å². The summed E-state index contributed by atoms with van der Waals surface area (Å²) in [5, 5.41) is 12.0. The summed E-state index contributed by atoms with van der Waals surface area (Å²) in [4.78, 5) is 15.9. The molecule has 4 heteroatoms. The number of aromatic carboxylic acids is 1. The number of pyridine rings is 1. The van der Waals surface area contributed by atoms with Gasteiger partial charge in [-0.15, -0.1) is 0 Å². The van der Waals surface area contributed by atoms with E-state index < -0.39 is 5.97 Å². The molecule has 2 aromatic carbocycles. The first-order valence-electron chi connectivity index (χ1n) is 6.43. The molecule has 0 aliphatic heterocycles. The van der Waals surface area contributed by atoms with Crippen LogP contribution in [0.25, 0.3) is 22.2 Å². The molecule has 3 nitrogen and oxygen atoms in total. The van der Waals surface area contributed by atoms with Crippen molar-refractivity contribution in [1.29, 1.82) is 0 Å². The maximum Gasteiger partial charge on any atom is 0.0727 e. The first kappa shape index (κ1) is 13.8. The quantitative estimate of drug-likeness (QED) is 0.718. The van der Waals surface area contributed by atoms with E-state index in [0.29, 0.717) is 16.6 Å². The fourth-order valence-corrected chi connectivity index (χ4v) is 2.59. The molecule has 1 heterocycles. The van der Waals surface area contributed by atoms with E-state index in [-0.39, 0.29) is 5.56 Å². The third-order valence-corrected chi connectivity index (χ3v) is 3.83. The first-order chi connectivity index (χ1) is 10.0. The van der Waals surface area contributed by atoms with Gasteiger partial charge in [0, 0.05) is 21.0 Å². The minimum absolute atomic E-state index is 0.156. The Morgan fingerprint density at radius 2 is 1.81 bits per heavy atom. The number of carboxylic acid groups (broad SMARTS) is 1. The van der Waals surface area contributed by atoms with Gasteiger partial charge in [0.2, 0.25) is 0 Å². The number of hydrogen-bond donors (Lipinski definition) is 0. The molecule has 0 N–H and O–H groups in total. The number of carboxylic acids is 1. The molecule has 0 fully saturated rings. The van der Waals surface area contributed by atoms with Crippen molar-refractivity contribution in [3.05, 3.63) is 64.1 Å². The van der Waals surface area contributed by atoms with Gasteiger partial charge in [0.15, 0.2) is 0 Å². The van der Waals surface area contributed by atoms with Gasteiger partial charge < -0.3 is 9.90 Å². The monoisotopic (exact) mass is 340 g/mol. The lowest BCUT2D eigenvalue weighted by Gasteiger charge is -2.11. The summed E-state index contributed by atoms with van der Waals surface area (Å²) >= 11 is 3.38. The Labute approximate surface area is 130 Å². The molecule has 21 heavy (non-hydrogen) atoms. The third-order valence-electron chi connectivity index (χ3n) is 3.34. The highest BCUT2D eigenvalue weighted by Crippen LogP contribution is 2.26. The maximum absolute atomic E-state index is 11.4. The lowest BCUT2D eigenvalue weighted by molar-refractivity contribution is -0.254. The Balaban J connectivity index is 2.29. The van der Waals surface area contributed by atoms with E-state index in [1.165, 1.54) is 0 Å². The second-order valence-electron chi connectivity index (χ2n) is 4.87. The van der Waals surface area contributed by atoms with Crippen molar-refractivity contribution in [2.75, 3.05) is 0 Å². The number of hydrogen-bond acceptors (Lipinski definition) is 3. The molecular weight excluding hydrogens is 330 g/mol. The Morgan fingerprint density at radius 1 is 1.10 bits per heavy atom.